The molecule has 1 rings (SSSR count). The van der Waals surface area contributed by atoms with Crippen LogP contribution in [0.25, 0.3) is 0 Å². The highest BCUT2D eigenvalue weighted by Crippen LogP contribution is 2.08. The number of carboxylic acid groups (broad SMARTS) is 1. The van der Waals surface area contributed by atoms with Gasteiger partial charge < -0.3 is 10.4 Å². The molecule has 0 aromatic heterocycles. The van der Waals surface area contributed by atoms with E-state index in [1.54, 1.807) is 0 Å². The van der Waals surface area contributed by atoms with Gasteiger partial charge in [0.05, 0.1) is 0 Å². The Kier molecular flexibility index (Phi) is 8.17. The minimum absolute atomic E-state index is 0.0599. The lowest BCUT2D eigenvalue weighted by Gasteiger charge is -2.06. The number of carbonyl (C=O) groups is 2. The molecule has 0 spiro atoms. The number of carbonyl (C=O) groups excluding carboxylic acids is 1. The molecule has 0 saturated carbocycles. The number of unbranched alkanes of at least 4 members (excludes halogenated alkanes) is 3. The van der Waals surface area contributed by atoms with E-state index in [1.807, 2.05) is 24.3 Å². The Balaban J connectivity index is 2.24. The Morgan fingerprint density at radius 3 is 2.38 bits per heavy atom. The molecule has 116 valence electrons. The highest BCUT2D eigenvalue weighted by Gasteiger charge is 2.04. The summed E-state index contributed by atoms with van der Waals surface area (Å²) in [6, 6.07) is 7.75. The maximum atomic E-state index is 11.9. The summed E-state index contributed by atoms with van der Waals surface area (Å²) in [5.41, 5.74) is 1.95. The summed E-state index contributed by atoms with van der Waals surface area (Å²) in [5.74, 6) is -0.822. The summed E-state index contributed by atoms with van der Waals surface area (Å²) in [6.45, 7) is 2.76. The summed E-state index contributed by atoms with van der Waals surface area (Å²) in [6.07, 6.45) is 5.90. The van der Waals surface area contributed by atoms with Gasteiger partial charge in [0.15, 0.2) is 0 Å². The van der Waals surface area contributed by atoms with Crippen LogP contribution in [0.1, 0.15) is 61.4 Å². The second-order valence-corrected chi connectivity index (χ2v) is 5.26. The normalized spacial score (nSPS) is 10.3. The number of benzene rings is 1. The molecule has 0 aliphatic rings. The fourth-order valence-corrected chi connectivity index (χ4v) is 2.09. The SMILES string of the molecule is CCCCc1ccc(C(=O)NCCCCCC(=O)O)cc1. The summed E-state index contributed by atoms with van der Waals surface area (Å²) in [7, 11) is 0. The third kappa shape index (κ3) is 7.49. The third-order valence-electron chi connectivity index (χ3n) is 3.39. The smallest absolute Gasteiger partial charge is 0.303 e. The fraction of sp³-hybridized carbons (Fsp3) is 0.529. The van der Waals surface area contributed by atoms with E-state index in [-0.39, 0.29) is 12.3 Å². The van der Waals surface area contributed by atoms with E-state index in [0.29, 0.717) is 18.5 Å². The molecule has 0 aliphatic heterocycles. The highest BCUT2D eigenvalue weighted by molar-refractivity contribution is 5.94. The maximum absolute atomic E-state index is 11.9. The molecule has 1 amide bonds. The zero-order chi connectivity index (χ0) is 15.5. The molecule has 0 unspecified atom stereocenters. The first-order chi connectivity index (χ1) is 10.1. The molecule has 0 heterocycles. The van der Waals surface area contributed by atoms with Gasteiger partial charge in [0, 0.05) is 18.5 Å². The summed E-state index contributed by atoms with van der Waals surface area (Å²) >= 11 is 0. The molecule has 4 nitrogen and oxygen atoms in total. The second kappa shape index (κ2) is 9.97. The van der Waals surface area contributed by atoms with Gasteiger partial charge in [-0.1, -0.05) is 31.9 Å². The molecule has 1 aromatic carbocycles. The summed E-state index contributed by atoms with van der Waals surface area (Å²) in [4.78, 5) is 22.3. The lowest BCUT2D eigenvalue weighted by molar-refractivity contribution is -0.137. The number of nitrogens with one attached hydrogen (secondary N) is 1. The van der Waals surface area contributed by atoms with Crippen molar-refractivity contribution < 1.29 is 14.7 Å². The van der Waals surface area contributed by atoms with Crippen molar-refractivity contribution in [1.29, 1.82) is 0 Å². The molecule has 0 saturated heterocycles. The molecular weight excluding hydrogens is 266 g/mol. The van der Waals surface area contributed by atoms with Crippen LogP contribution < -0.4 is 5.32 Å². The predicted molar refractivity (Wildman–Crippen MR) is 83.5 cm³/mol. The van der Waals surface area contributed by atoms with Gasteiger partial charge in [-0.25, -0.2) is 0 Å². The Bertz CT molecular complexity index is 440. The fourth-order valence-electron chi connectivity index (χ4n) is 2.09. The van der Waals surface area contributed by atoms with Crippen LogP contribution in [0.15, 0.2) is 24.3 Å². The monoisotopic (exact) mass is 291 g/mol. The number of hydrogen-bond donors (Lipinski definition) is 2. The molecule has 4 heteroatoms. The minimum atomic E-state index is -0.762. The standard InChI is InChI=1S/C17H25NO3/c1-2-3-7-14-9-11-15(12-10-14)17(21)18-13-6-4-5-8-16(19)20/h9-12H,2-8,13H2,1H3,(H,18,21)(H,19,20). The van der Waals surface area contributed by atoms with Crippen molar-refractivity contribution in [3.63, 3.8) is 0 Å². The topological polar surface area (TPSA) is 66.4 Å². The van der Waals surface area contributed by atoms with E-state index in [9.17, 15) is 9.59 Å². The van der Waals surface area contributed by atoms with Crippen LogP contribution >= 0.6 is 0 Å². The first-order valence-electron chi connectivity index (χ1n) is 7.72. The first kappa shape index (κ1) is 17.2. The molecule has 0 aliphatic carbocycles. The van der Waals surface area contributed by atoms with Crippen LogP contribution in [0.4, 0.5) is 0 Å². The van der Waals surface area contributed by atoms with E-state index in [2.05, 4.69) is 12.2 Å². The van der Waals surface area contributed by atoms with Crippen LogP contribution in [0, 0.1) is 0 Å². The zero-order valence-electron chi connectivity index (χ0n) is 12.7. The van der Waals surface area contributed by atoms with Crippen molar-refractivity contribution in [3.8, 4) is 0 Å². The number of rotatable bonds is 10. The van der Waals surface area contributed by atoms with Crippen LogP contribution in [0.2, 0.25) is 0 Å². The zero-order valence-corrected chi connectivity index (χ0v) is 12.7. The maximum Gasteiger partial charge on any atom is 0.303 e. The largest absolute Gasteiger partial charge is 0.481 e. The Labute approximate surface area is 126 Å². The number of amides is 1. The van der Waals surface area contributed by atoms with E-state index in [4.69, 9.17) is 5.11 Å². The minimum Gasteiger partial charge on any atom is -0.481 e. The summed E-state index contributed by atoms with van der Waals surface area (Å²) < 4.78 is 0. The van der Waals surface area contributed by atoms with Gasteiger partial charge in [0.2, 0.25) is 0 Å². The van der Waals surface area contributed by atoms with E-state index >= 15 is 0 Å². The lowest BCUT2D eigenvalue weighted by atomic mass is 10.1. The van der Waals surface area contributed by atoms with Crippen molar-refractivity contribution in [3.05, 3.63) is 35.4 Å². The molecule has 1 aromatic rings. The molecule has 0 bridgehead atoms. The second-order valence-electron chi connectivity index (χ2n) is 5.26. The van der Waals surface area contributed by atoms with Gasteiger partial charge in [-0.3, -0.25) is 9.59 Å². The number of hydrogen-bond acceptors (Lipinski definition) is 2. The van der Waals surface area contributed by atoms with Crippen LogP contribution in [-0.2, 0) is 11.2 Å². The average Bonchev–Trinajstić information content (AvgIpc) is 2.48. The van der Waals surface area contributed by atoms with Gasteiger partial charge in [-0.05, 0) is 43.4 Å². The first-order valence-corrected chi connectivity index (χ1v) is 7.72. The van der Waals surface area contributed by atoms with Crippen LogP contribution in [0.3, 0.4) is 0 Å². The highest BCUT2D eigenvalue weighted by atomic mass is 16.4. The molecule has 0 atom stereocenters. The van der Waals surface area contributed by atoms with Crippen LogP contribution in [0.5, 0.6) is 0 Å². The Morgan fingerprint density at radius 2 is 1.76 bits per heavy atom. The average molecular weight is 291 g/mol. The number of aryl methyl sites for hydroxylation is 1. The van der Waals surface area contributed by atoms with Gasteiger partial charge in [0.1, 0.15) is 0 Å². The van der Waals surface area contributed by atoms with Crippen molar-refractivity contribution >= 4 is 11.9 Å². The third-order valence-corrected chi connectivity index (χ3v) is 3.39. The van der Waals surface area contributed by atoms with E-state index < -0.39 is 5.97 Å². The number of carboxylic acids is 1. The van der Waals surface area contributed by atoms with Gasteiger partial charge in [-0.15, -0.1) is 0 Å². The Hall–Kier alpha value is -1.84. The molecular formula is C17H25NO3. The van der Waals surface area contributed by atoms with Crippen molar-refractivity contribution in [2.24, 2.45) is 0 Å². The molecule has 21 heavy (non-hydrogen) atoms. The number of aliphatic carboxylic acids is 1. The lowest BCUT2D eigenvalue weighted by Crippen LogP contribution is -2.24. The molecule has 0 radical (unpaired) electrons. The van der Waals surface area contributed by atoms with Crippen LogP contribution in [-0.4, -0.2) is 23.5 Å². The van der Waals surface area contributed by atoms with Gasteiger partial charge >= 0.3 is 5.97 Å². The quantitative estimate of drug-likeness (QED) is 0.649. The van der Waals surface area contributed by atoms with Crippen molar-refractivity contribution in [2.45, 2.75) is 51.9 Å². The molecule has 2 N–H and O–H groups in total. The van der Waals surface area contributed by atoms with Gasteiger partial charge in [-0.2, -0.15) is 0 Å². The Morgan fingerprint density at radius 1 is 1.05 bits per heavy atom. The summed E-state index contributed by atoms with van der Waals surface area (Å²) in [5, 5.41) is 11.4. The van der Waals surface area contributed by atoms with Crippen molar-refractivity contribution in [1.82, 2.24) is 5.32 Å². The predicted octanol–water partition coefficient (Wildman–Crippen LogP) is 3.40. The van der Waals surface area contributed by atoms with Crippen molar-refractivity contribution in [2.75, 3.05) is 6.54 Å². The van der Waals surface area contributed by atoms with E-state index in [0.717, 1.165) is 19.3 Å². The van der Waals surface area contributed by atoms with E-state index in [1.165, 1.54) is 18.4 Å². The molecule has 0 fully saturated rings. The van der Waals surface area contributed by atoms with Gasteiger partial charge in [0.25, 0.3) is 5.91 Å².